The van der Waals surface area contributed by atoms with Crippen LogP contribution < -0.4 is 0 Å². The van der Waals surface area contributed by atoms with Crippen molar-refractivity contribution in [3.63, 3.8) is 0 Å². The number of nitrogens with zero attached hydrogens (tertiary/aromatic N) is 2. The van der Waals surface area contributed by atoms with Gasteiger partial charge in [-0.25, -0.2) is 0 Å². The molecule has 180 valence electrons. The van der Waals surface area contributed by atoms with Crippen LogP contribution >= 0.6 is 0 Å². The Hall–Kier alpha value is -3.20. The molecule has 3 nitrogen and oxygen atoms in total. The fourth-order valence-electron chi connectivity index (χ4n) is 5.67. The maximum Gasteiger partial charge on any atom is 0.168 e. The Morgan fingerprint density at radius 2 is 1.66 bits per heavy atom. The zero-order chi connectivity index (χ0) is 24.5. The third-order valence-electron chi connectivity index (χ3n) is 7.78. The Bertz CT molecular complexity index is 1330. The van der Waals surface area contributed by atoms with Crippen molar-refractivity contribution in [2.75, 3.05) is 0 Å². The van der Waals surface area contributed by atoms with Crippen molar-refractivity contribution >= 4 is 16.7 Å². The van der Waals surface area contributed by atoms with Crippen molar-refractivity contribution in [1.82, 2.24) is 9.55 Å². The SMILES string of the molecule is CCc1cccc(CC)c1-c1cc2c(C(=O)C3CCCC3)cn(-c3ccc(C(C)C)cc3)c2cn1. The molecule has 0 unspecified atom stereocenters. The van der Waals surface area contributed by atoms with E-state index in [0.29, 0.717) is 11.7 Å². The second-order valence-corrected chi connectivity index (χ2v) is 10.2. The lowest BCUT2D eigenvalue weighted by Gasteiger charge is -2.13. The van der Waals surface area contributed by atoms with Crippen molar-refractivity contribution in [2.45, 2.75) is 72.1 Å². The molecule has 4 aromatic rings. The minimum Gasteiger partial charge on any atom is -0.314 e. The van der Waals surface area contributed by atoms with Gasteiger partial charge in [0.05, 0.1) is 17.4 Å². The van der Waals surface area contributed by atoms with Crippen LogP contribution in [0.15, 0.2) is 60.9 Å². The highest BCUT2D eigenvalue weighted by atomic mass is 16.1. The van der Waals surface area contributed by atoms with E-state index in [1.165, 1.54) is 22.3 Å². The standard InChI is InChI=1S/C32H36N2O/c1-5-22-12-9-13-23(6-2)31(22)29-18-27-28(32(35)25-10-7-8-11-25)20-34(30(27)19-33-29)26-16-14-24(15-17-26)21(3)4/h9,12-21,25H,5-8,10-11H2,1-4H3. The van der Waals surface area contributed by atoms with Crippen LogP contribution in [0.2, 0.25) is 0 Å². The normalized spacial score (nSPS) is 14.3. The highest BCUT2D eigenvalue weighted by molar-refractivity contribution is 6.10. The van der Waals surface area contributed by atoms with Crippen LogP contribution in [0.5, 0.6) is 0 Å². The molecule has 0 aliphatic heterocycles. The molecule has 1 saturated carbocycles. The molecular weight excluding hydrogens is 428 g/mol. The molecule has 0 spiro atoms. The first kappa shape index (κ1) is 23.5. The molecule has 2 aromatic heterocycles. The van der Waals surface area contributed by atoms with Gasteiger partial charge in [-0.1, -0.05) is 70.9 Å². The van der Waals surface area contributed by atoms with Gasteiger partial charge in [0.1, 0.15) is 0 Å². The van der Waals surface area contributed by atoms with Crippen molar-refractivity contribution < 1.29 is 4.79 Å². The second kappa shape index (κ2) is 9.81. The van der Waals surface area contributed by atoms with Crippen molar-refractivity contribution in [2.24, 2.45) is 5.92 Å². The highest BCUT2D eigenvalue weighted by Crippen LogP contribution is 2.36. The number of hydrogen-bond donors (Lipinski definition) is 0. The predicted molar refractivity (Wildman–Crippen MR) is 146 cm³/mol. The Morgan fingerprint density at radius 1 is 1.00 bits per heavy atom. The van der Waals surface area contributed by atoms with E-state index < -0.39 is 0 Å². The average Bonchev–Trinajstić information content (AvgIpc) is 3.56. The van der Waals surface area contributed by atoms with Gasteiger partial charge in [0, 0.05) is 34.3 Å². The number of Topliss-reactive ketones (excluding diaryl/α,β-unsaturated/α-hetero) is 1. The Labute approximate surface area is 209 Å². The van der Waals surface area contributed by atoms with Crippen LogP contribution in [0.3, 0.4) is 0 Å². The molecule has 1 aliphatic rings. The quantitative estimate of drug-likeness (QED) is 0.258. The molecule has 0 amide bonds. The molecule has 1 aliphatic carbocycles. The molecule has 0 bridgehead atoms. The third-order valence-corrected chi connectivity index (χ3v) is 7.78. The molecule has 1 fully saturated rings. The minimum absolute atomic E-state index is 0.142. The van der Waals surface area contributed by atoms with E-state index in [9.17, 15) is 4.79 Å². The van der Waals surface area contributed by atoms with E-state index >= 15 is 0 Å². The van der Waals surface area contributed by atoms with E-state index in [2.05, 4.69) is 87.0 Å². The summed E-state index contributed by atoms with van der Waals surface area (Å²) in [5.74, 6) is 0.922. The first-order valence-electron chi connectivity index (χ1n) is 13.3. The van der Waals surface area contributed by atoms with Gasteiger partial charge in [-0.3, -0.25) is 9.78 Å². The van der Waals surface area contributed by atoms with Gasteiger partial charge in [0.25, 0.3) is 0 Å². The Morgan fingerprint density at radius 3 is 2.26 bits per heavy atom. The monoisotopic (exact) mass is 464 g/mol. The molecule has 2 aromatic carbocycles. The van der Waals surface area contributed by atoms with Crippen LogP contribution in [0.4, 0.5) is 0 Å². The van der Waals surface area contributed by atoms with Gasteiger partial charge in [-0.15, -0.1) is 0 Å². The number of aryl methyl sites for hydroxylation is 2. The largest absolute Gasteiger partial charge is 0.314 e. The van der Waals surface area contributed by atoms with Crippen LogP contribution in [0.1, 0.15) is 86.3 Å². The van der Waals surface area contributed by atoms with Gasteiger partial charge in [0.15, 0.2) is 5.78 Å². The number of fused-ring (bicyclic) bond motifs is 1. The van der Waals surface area contributed by atoms with E-state index in [-0.39, 0.29) is 5.92 Å². The van der Waals surface area contributed by atoms with Crippen molar-refractivity contribution in [1.29, 1.82) is 0 Å². The number of pyridine rings is 1. The number of carbonyl (C=O) groups is 1. The Kier molecular flexibility index (Phi) is 6.60. The summed E-state index contributed by atoms with van der Waals surface area (Å²) in [5.41, 5.74) is 9.05. The zero-order valence-electron chi connectivity index (χ0n) is 21.5. The number of benzene rings is 2. The first-order valence-corrected chi connectivity index (χ1v) is 13.3. The van der Waals surface area contributed by atoms with E-state index in [1.54, 1.807) is 0 Å². The maximum atomic E-state index is 13.7. The number of carbonyl (C=O) groups excluding carboxylic acids is 1. The van der Waals surface area contributed by atoms with Gasteiger partial charge in [-0.05, 0) is 66.5 Å². The van der Waals surface area contributed by atoms with E-state index in [1.807, 2.05) is 6.20 Å². The van der Waals surface area contributed by atoms with Crippen LogP contribution in [0, 0.1) is 5.92 Å². The molecule has 0 radical (unpaired) electrons. The van der Waals surface area contributed by atoms with Crippen LogP contribution in [-0.2, 0) is 12.8 Å². The summed E-state index contributed by atoms with van der Waals surface area (Å²) in [6, 6.07) is 17.4. The lowest BCUT2D eigenvalue weighted by molar-refractivity contribution is 0.0924. The van der Waals surface area contributed by atoms with Crippen molar-refractivity contribution in [3.8, 4) is 16.9 Å². The minimum atomic E-state index is 0.142. The van der Waals surface area contributed by atoms with E-state index in [4.69, 9.17) is 4.98 Å². The molecule has 5 rings (SSSR count). The second-order valence-electron chi connectivity index (χ2n) is 10.2. The summed E-state index contributed by atoms with van der Waals surface area (Å²) in [7, 11) is 0. The number of rotatable bonds is 7. The lowest BCUT2D eigenvalue weighted by atomic mass is 9.93. The molecule has 3 heteroatoms. The molecule has 2 heterocycles. The van der Waals surface area contributed by atoms with Crippen LogP contribution in [-0.4, -0.2) is 15.3 Å². The summed E-state index contributed by atoms with van der Waals surface area (Å²) < 4.78 is 2.16. The van der Waals surface area contributed by atoms with Crippen molar-refractivity contribution in [3.05, 3.63) is 83.2 Å². The van der Waals surface area contributed by atoms with Gasteiger partial charge >= 0.3 is 0 Å². The topological polar surface area (TPSA) is 34.9 Å². The van der Waals surface area contributed by atoms with Gasteiger partial charge in [0.2, 0.25) is 0 Å². The fourth-order valence-corrected chi connectivity index (χ4v) is 5.67. The molecule has 0 saturated heterocycles. The zero-order valence-corrected chi connectivity index (χ0v) is 21.5. The summed E-state index contributed by atoms with van der Waals surface area (Å²) in [6.07, 6.45) is 10.3. The molecule has 0 N–H and O–H groups in total. The predicted octanol–water partition coefficient (Wildman–Crippen LogP) is 8.31. The number of hydrogen-bond acceptors (Lipinski definition) is 2. The fraction of sp³-hybridized carbons (Fsp3) is 0.375. The first-order chi connectivity index (χ1) is 17.0. The summed E-state index contributed by atoms with van der Waals surface area (Å²) >= 11 is 0. The van der Waals surface area contributed by atoms with Gasteiger partial charge < -0.3 is 4.57 Å². The molecular formula is C32H36N2O. The molecule has 35 heavy (non-hydrogen) atoms. The smallest absolute Gasteiger partial charge is 0.168 e. The summed E-state index contributed by atoms with van der Waals surface area (Å²) in [6.45, 7) is 8.82. The van der Waals surface area contributed by atoms with E-state index in [0.717, 1.165) is 66.4 Å². The lowest BCUT2D eigenvalue weighted by Crippen LogP contribution is -2.10. The number of aromatic nitrogens is 2. The average molecular weight is 465 g/mol. The summed E-state index contributed by atoms with van der Waals surface area (Å²) in [4.78, 5) is 18.7. The van der Waals surface area contributed by atoms with Crippen LogP contribution in [0.25, 0.3) is 27.8 Å². The summed E-state index contributed by atoms with van der Waals surface area (Å²) in [5, 5.41) is 1.02. The molecule has 0 atom stereocenters. The third kappa shape index (κ3) is 4.33. The van der Waals surface area contributed by atoms with Gasteiger partial charge in [-0.2, -0.15) is 0 Å². The Balaban J connectivity index is 1.70. The highest BCUT2D eigenvalue weighted by Gasteiger charge is 2.27. The number of ketones is 1. The maximum absolute atomic E-state index is 13.7.